The van der Waals surface area contributed by atoms with E-state index < -0.39 is 36.5 Å². The fraction of sp³-hybridized carbons (Fsp3) is 0.444. The molecule has 0 atom stereocenters. The molecular weight excluding hydrogens is 329 g/mol. The highest BCUT2D eigenvalue weighted by Gasteiger charge is 2.33. The van der Waals surface area contributed by atoms with Crippen LogP contribution in [0.4, 0.5) is 22.0 Å². The molecule has 1 N–H and O–H groups in total. The summed E-state index contributed by atoms with van der Waals surface area (Å²) in [6, 6.07) is 0.753. The Morgan fingerprint density at radius 3 is 2.39 bits per heavy atom. The molecule has 0 unspecified atom stereocenters. The van der Waals surface area contributed by atoms with Crippen LogP contribution in [-0.2, 0) is 11.9 Å². The van der Waals surface area contributed by atoms with E-state index in [2.05, 4.69) is 25.7 Å². The maximum atomic E-state index is 12.7. The van der Waals surface area contributed by atoms with E-state index in [4.69, 9.17) is 5.11 Å². The predicted octanol–water partition coefficient (Wildman–Crippen LogP) is 3.31. The molecule has 0 fully saturated rings. The van der Waals surface area contributed by atoms with Gasteiger partial charge in [0.25, 0.3) is 6.43 Å². The number of rotatable bonds is 4. The van der Waals surface area contributed by atoms with Gasteiger partial charge < -0.3 is 9.84 Å². The second-order valence-electron chi connectivity index (χ2n) is 3.12. The largest absolute Gasteiger partial charge is 0.574 e. The molecule has 0 aliphatic rings. The van der Waals surface area contributed by atoms with Crippen molar-refractivity contribution in [3.05, 3.63) is 22.9 Å². The molecule has 0 aromatic carbocycles. The molecular formula is C9H7BrF5NO2. The number of pyridine rings is 1. The number of aliphatic hydroxyl groups excluding tert-OH is 1. The summed E-state index contributed by atoms with van der Waals surface area (Å²) in [5, 5.41) is 8.75. The van der Waals surface area contributed by atoms with Crippen LogP contribution >= 0.6 is 15.9 Å². The highest BCUT2D eigenvalue weighted by Crippen LogP contribution is 2.31. The van der Waals surface area contributed by atoms with Crippen molar-refractivity contribution in [2.24, 2.45) is 0 Å². The van der Waals surface area contributed by atoms with E-state index in [1.807, 2.05) is 0 Å². The van der Waals surface area contributed by atoms with E-state index in [1.165, 1.54) is 0 Å². The Morgan fingerprint density at radius 1 is 1.39 bits per heavy atom. The highest BCUT2D eigenvalue weighted by atomic mass is 79.9. The van der Waals surface area contributed by atoms with Gasteiger partial charge in [-0.25, -0.2) is 13.8 Å². The van der Waals surface area contributed by atoms with Gasteiger partial charge in [0.05, 0.1) is 12.3 Å². The van der Waals surface area contributed by atoms with Crippen molar-refractivity contribution in [3.63, 3.8) is 0 Å². The second-order valence-corrected chi connectivity index (χ2v) is 3.68. The molecule has 0 radical (unpaired) electrons. The minimum absolute atomic E-state index is 0.115. The number of hydrogen-bond acceptors (Lipinski definition) is 3. The van der Waals surface area contributed by atoms with Crippen molar-refractivity contribution in [3.8, 4) is 5.88 Å². The summed E-state index contributed by atoms with van der Waals surface area (Å²) in [6.07, 6.45) is -7.93. The SMILES string of the molecule is OCc1nc(OC(F)(F)F)cc(CBr)c1C(F)F. The Labute approximate surface area is 107 Å². The van der Waals surface area contributed by atoms with Crippen LogP contribution in [-0.4, -0.2) is 16.5 Å². The zero-order valence-electron chi connectivity index (χ0n) is 8.64. The zero-order chi connectivity index (χ0) is 13.9. The summed E-state index contributed by atoms with van der Waals surface area (Å²) in [4.78, 5) is 3.21. The van der Waals surface area contributed by atoms with E-state index in [0.29, 0.717) is 0 Å². The van der Waals surface area contributed by atoms with Crippen LogP contribution in [0.3, 0.4) is 0 Å². The molecule has 0 spiro atoms. The Hall–Kier alpha value is -0.960. The smallest absolute Gasteiger partial charge is 0.390 e. The summed E-state index contributed by atoms with van der Waals surface area (Å²) in [5.74, 6) is -0.884. The van der Waals surface area contributed by atoms with Gasteiger partial charge in [0.1, 0.15) is 0 Å². The molecule has 1 rings (SSSR count). The monoisotopic (exact) mass is 335 g/mol. The third-order valence-electron chi connectivity index (χ3n) is 1.93. The van der Waals surface area contributed by atoms with Crippen LogP contribution in [0.1, 0.15) is 23.2 Å². The fourth-order valence-corrected chi connectivity index (χ4v) is 1.77. The van der Waals surface area contributed by atoms with Gasteiger partial charge in [-0.1, -0.05) is 15.9 Å². The second kappa shape index (κ2) is 5.79. The molecule has 0 aliphatic carbocycles. The predicted molar refractivity (Wildman–Crippen MR) is 54.4 cm³/mol. The quantitative estimate of drug-likeness (QED) is 0.678. The first-order chi connectivity index (χ1) is 8.28. The third kappa shape index (κ3) is 3.77. The molecule has 9 heteroatoms. The molecule has 3 nitrogen and oxygen atoms in total. The van der Waals surface area contributed by atoms with Gasteiger partial charge in [0.2, 0.25) is 5.88 Å². The summed E-state index contributed by atoms with van der Waals surface area (Å²) < 4.78 is 64.9. The topological polar surface area (TPSA) is 42.4 Å². The standard InChI is InChI=1S/C9H7BrF5NO2/c10-2-4-1-6(18-9(13,14)15)16-5(3-17)7(4)8(11)12/h1,8,17H,2-3H2. The first kappa shape index (κ1) is 15.1. The van der Waals surface area contributed by atoms with E-state index in [1.54, 1.807) is 0 Å². The van der Waals surface area contributed by atoms with E-state index in [9.17, 15) is 22.0 Å². The van der Waals surface area contributed by atoms with Crippen LogP contribution in [0.2, 0.25) is 0 Å². The summed E-state index contributed by atoms with van der Waals surface area (Å²) in [5.41, 5.74) is -1.26. The molecule has 0 saturated heterocycles. The molecule has 1 heterocycles. The lowest BCUT2D eigenvalue weighted by atomic mass is 10.1. The van der Waals surface area contributed by atoms with Crippen LogP contribution in [0.15, 0.2) is 6.07 Å². The zero-order valence-corrected chi connectivity index (χ0v) is 10.2. The van der Waals surface area contributed by atoms with Gasteiger partial charge >= 0.3 is 6.36 Å². The number of ether oxygens (including phenoxy) is 1. The highest BCUT2D eigenvalue weighted by molar-refractivity contribution is 9.08. The first-order valence-corrected chi connectivity index (χ1v) is 5.64. The molecule has 0 saturated carbocycles. The van der Waals surface area contributed by atoms with Gasteiger partial charge in [-0.2, -0.15) is 0 Å². The molecule has 0 bridgehead atoms. The average Bonchev–Trinajstić information content (AvgIpc) is 2.24. The van der Waals surface area contributed by atoms with Crippen molar-refractivity contribution in [1.82, 2.24) is 4.98 Å². The number of halogens is 6. The molecule has 1 aromatic heterocycles. The Balaban J connectivity index is 3.26. The normalized spacial score (nSPS) is 12.0. The van der Waals surface area contributed by atoms with Crippen molar-refractivity contribution >= 4 is 15.9 Å². The molecule has 102 valence electrons. The number of hydrogen-bond donors (Lipinski definition) is 1. The average molecular weight is 336 g/mol. The Kier molecular flexibility index (Phi) is 4.85. The van der Waals surface area contributed by atoms with Gasteiger partial charge in [-0.3, -0.25) is 0 Å². The first-order valence-electron chi connectivity index (χ1n) is 4.52. The number of aliphatic hydroxyl groups is 1. The lowest BCUT2D eigenvalue weighted by molar-refractivity contribution is -0.276. The van der Waals surface area contributed by atoms with Crippen molar-refractivity contribution in [2.75, 3.05) is 0 Å². The van der Waals surface area contributed by atoms with Crippen LogP contribution < -0.4 is 4.74 Å². The maximum Gasteiger partial charge on any atom is 0.574 e. The molecule has 0 amide bonds. The fourth-order valence-electron chi connectivity index (χ4n) is 1.31. The third-order valence-corrected chi connectivity index (χ3v) is 2.54. The van der Waals surface area contributed by atoms with Gasteiger partial charge in [-0.15, -0.1) is 13.2 Å². The van der Waals surface area contributed by atoms with Crippen LogP contribution in [0.25, 0.3) is 0 Å². The van der Waals surface area contributed by atoms with E-state index in [-0.39, 0.29) is 10.9 Å². The maximum absolute atomic E-state index is 12.7. The molecule has 18 heavy (non-hydrogen) atoms. The summed E-state index contributed by atoms with van der Waals surface area (Å²) >= 11 is 2.87. The summed E-state index contributed by atoms with van der Waals surface area (Å²) in [6.45, 7) is -0.908. The molecule has 1 aromatic rings. The number of aromatic nitrogens is 1. The van der Waals surface area contributed by atoms with Crippen molar-refractivity contribution in [1.29, 1.82) is 0 Å². The van der Waals surface area contributed by atoms with Crippen LogP contribution in [0.5, 0.6) is 5.88 Å². The van der Waals surface area contributed by atoms with E-state index >= 15 is 0 Å². The number of nitrogens with zero attached hydrogens (tertiary/aromatic N) is 1. The lowest BCUT2D eigenvalue weighted by Gasteiger charge is -2.14. The van der Waals surface area contributed by atoms with Gasteiger partial charge in [0.15, 0.2) is 0 Å². The van der Waals surface area contributed by atoms with Gasteiger partial charge in [0, 0.05) is 17.0 Å². The van der Waals surface area contributed by atoms with Crippen LogP contribution in [0, 0.1) is 0 Å². The van der Waals surface area contributed by atoms with E-state index in [0.717, 1.165) is 6.07 Å². The van der Waals surface area contributed by atoms with Crippen molar-refractivity contribution in [2.45, 2.75) is 24.7 Å². The minimum atomic E-state index is -4.98. The number of alkyl halides is 6. The minimum Gasteiger partial charge on any atom is -0.390 e. The van der Waals surface area contributed by atoms with Gasteiger partial charge in [-0.05, 0) is 5.56 Å². The lowest BCUT2D eigenvalue weighted by Crippen LogP contribution is -2.19. The Bertz CT molecular complexity index is 399. The van der Waals surface area contributed by atoms with Crippen molar-refractivity contribution < 1.29 is 31.8 Å². The summed E-state index contributed by atoms with van der Waals surface area (Å²) in [7, 11) is 0. The Morgan fingerprint density at radius 2 is 2.00 bits per heavy atom. The molecule has 0 aliphatic heterocycles.